The van der Waals surface area contributed by atoms with Gasteiger partial charge in [0.05, 0.1) is 17.6 Å². The van der Waals surface area contributed by atoms with Crippen LogP contribution in [0.15, 0.2) is 53.4 Å². The maximum Gasteiger partial charge on any atom is 0.338 e. The molecule has 9 heteroatoms. The standard InChI is InChI=1S/C19H22N2O6S/c1-4-14-7-5-9-16(11-14)20-18(22)13-27-19(23)15-8-6-10-17(12-15)28(24,25)21(2)26-3/h5-12H,4,13H2,1-3H3,(H,20,22). The van der Waals surface area contributed by atoms with Gasteiger partial charge in [0.1, 0.15) is 0 Å². The monoisotopic (exact) mass is 406 g/mol. The fourth-order valence-corrected chi connectivity index (χ4v) is 3.33. The molecule has 0 aromatic heterocycles. The minimum absolute atomic E-state index is 0.00589. The number of carbonyl (C=O) groups is 2. The first-order valence-electron chi connectivity index (χ1n) is 8.47. The molecule has 1 N–H and O–H groups in total. The van der Waals surface area contributed by atoms with Gasteiger partial charge in [0.15, 0.2) is 6.61 Å². The molecule has 0 saturated carbocycles. The second-order valence-electron chi connectivity index (χ2n) is 5.80. The summed E-state index contributed by atoms with van der Waals surface area (Å²) in [4.78, 5) is 28.7. The largest absolute Gasteiger partial charge is 0.452 e. The number of ether oxygens (including phenoxy) is 1. The van der Waals surface area contributed by atoms with Crippen LogP contribution in [-0.2, 0) is 30.8 Å². The summed E-state index contributed by atoms with van der Waals surface area (Å²) >= 11 is 0. The quantitative estimate of drug-likeness (QED) is 0.533. The molecular weight excluding hydrogens is 384 g/mol. The lowest BCUT2D eigenvalue weighted by Crippen LogP contribution is -2.26. The third-order valence-corrected chi connectivity index (χ3v) is 5.59. The van der Waals surface area contributed by atoms with Crippen LogP contribution in [0.5, 0.6) is 0 Å². The van der Waals surface area contributed by atoms with Crippen molar-refractivity contribution < 1.29 is 27.6 Å². The van der Waals surface area contributed by atoms with Crippen molar-refractivity contribution in [3.8, 4) is 0 Å². The van der Waals surface area contributed by atoms with E-state index >= 15 is 0 Å². The Morgan fingerprint density at radius 1 is 1.11 bits per heavy atom. The highest BCUT2D eigenvalue weighted by Crippen LogP contribution is 2.17. The third kappa shape index (κ3) is 5.38. The van der Waals surface area contributed by atoms with Crippen LogP contribution in [0.25, 0.3) is 0 Å². The Morgan fingerprint density at radius 3 is 2.50 bits per heavy atom. The minimum Gasteiger partial charge on any atom is -0.452 e. The van der Waals surface area contributed by atoms with Crippen molar-refractivity contribution in [2.75, 3.05) is 26.1 Å². The molecule has 0 aliphatic carbocycles. The van der Waals surface area contributed by atoms with Crippen LogP contribution in [0.4, 0.5) is 5.69 Å². The zero-order valence-corrected chi connectivity index (χ0v) is 16.7. The van der Waals surface area contributed by atoms with Gasteiger partial charge in [0.2, 0.25) is 0 Å². The van der Waals surface area contributed by atoms with Crippen LogP contribution in [-0.4, -0.2) is 45.5 Å². The number of carbonyl (C=O) groups excluding carboxylic acids is 2. The van der Waals surface area contributed by atoms with Crippen LogP contribution in [0.1, 0.15) is 22.8 Å². The van der Waals surface area contributed by atoms with Gasteiger partial charge in [-0.2, -0.15) is 0 Å². The molecule has 1 amide bonds. The second-order valence-corrected chi connectivity index (χ2v) is 7.74. The average Bonchev–Trinajstić information content (AvgIpc) is 2.71. The molecule has 2 rings (SSSR count). The molecular formula is C19H22N2O6S. The van der Waals surface area contributed by atoms with Crippen molar-refractivity contribution in [2.45, 2.75) is 18.2 Å². The molecule has 0 fully saturated rings. The van der Waals surface area contributed by atoms with Gasteiger partial charge in [0, 0.05) is 12.7 Å². The third-order valence-electron chi connectivity index (χ3n) is 3.92. The van der Waals surface area contributed by atoms with E-state index in [1.807, 2.05) is 25.1 Å². The Balaban J connectivity index is 2.01. The van der Waals surface area contributed by atoms with Gasteiger partial charge in [-0.3, -0.25) is 9.63 Å². The van der Waals surface area contributed by atoms with E-state index in [0.717, 1.165) is 18.1 Å². The van der Waals surface area contributed by atoms with E-state index in [1.165, 1.54) is 32.4 Å². The fourth-order valence-electron chi connectivity index (χ4n) is 2.31. The molecule has 0 saturated heterocycles. The smallest absolute Gasteiger partial charge is 0.338 e. The number of benzene rings is 2. The Bertz CT molecular complexity index is 958. The number of amides is 1. The number of rotatable bonds is 8. The van der Waals surface area contributed by atoms with Crippen molar-refractivity contribution in [1.82, 2.24) is 4.47 Å². The molecule has 150 valence electrons. The number of nitrogens with zero attached hydrogens (tertiary/aromatic N) is 1. The Labute approximate surface area is 164 Å². The molecule has 0 radical (unpaired) electrons. The maximum atomic E-state index is 12.2. The molecule has 2 aromatic rings. The van der Waals surface area contributed by atoms with Crippen molar-refractivity contribution in [2.24, 2.45) is 0 Å². The Morgan fingerprint density at radius 2 is 1.82 bits per heavy atom. The maximum absolute atomic E-state index is 12.2. The molecule has 2 aromatic carbocycles. The van der Waals surface area contributed by atoms with Crippen molar-refractivity contribution in [3.63, 3.8) is 0 Å². The van der Waals surface area contributed by atoms with Crippen molar-refractivity contribution in [1.29, 1.82) is 0 Å². The number of esters is 1. The first kappa shape index (κ1) is 21.5. The molecule has 0 heterocycles. The number of hydroxylamine groups is 1. The van der Waals surface area contributed by atoms with Crippen LogP contribution in [0.3, 0.4) is 0 Å². The van der Waals surface area contributed by atoms with Gasteiger partial charge in [-0.05, 0) is 42.3 Å². The highest BCUT2D eigenvalue weighted by molar-refractivity contribution is 7.89. The normalized spacial score (nSPS) is 11.3. The van der Waals surface area contributed by atoms with E-state index in [-0.39, 0.29) is 10.5 Å². The first-order chi connectivity index (χ1) is 13.3. The number of sulfonamides is 1. The second kappa shape index (κ2) is 9.45. The van der Waals surface area contributed by atoms with Gasteiger partial charge in [-0.25, -0.2) is 13.2 Å². The van der Waals surface area contributed by atoms with E-state index in [4.69, 9.17) is 9.57 Å². The number of anilines is 1. The van der Waals surface area contributed by atoms with Gasteiger partial charge in [0.25, 0.3) is 15.9 Å². The first-order valence-corrected chi connectivity index (χ1v) is 9.91. The lowest BCUT2D eigenvalue weighted by molar-refractivity contribution is -0.119. The van der Waals surface area contributed by atoms with Crippen LogP contribution in [0, 0.1) is 0 Å². The molecule has 8 nitrogen and oxygen atoms in total. The molecule has 0 spiro atoms. The number of hydrogen-bond donors (Lipinski definition) is 1. The number of hydrogen-bond acceptors (Lipinski definition) is 6. The van der Waals surface area contributed by atoms with E-state index in [2.05, 4.69) is 5.32 Å². The lowest BCUT2D eigenvalue weighted by Gasteiger charge is -2.14. The lowest BCUT2D eigenvalue weighted by atomic mass is 10.1. The molecule has 0 atom stereocenters. The molecule has 0 aliphatic heterocycles. The van der Waals surface area contributed by atoms with Gasteiger partial charge >= 0.3 is 5.97 Å². The van der Waals surface area contributed by atoms with E-state index in [1.54, 1.807) is 6.07 Å². The summed E-state index contributed by atoms with van der Waals surface area (Å²) in [5.41, 5.74) is 1.68. The Hall–Kier alpha value is -2.75. The summed E-state index contributed by atoms with van der Waals surface area (Å²) in [6.45, 7) is 1.51. The zero-order chi connectivity index (χ0) is 20.7. The predicted molar refractivity (Wildman–Crippen MR) is 103 cm³/mol. The van der Waals surface area contributed by atoms with Crippen LogP contribution < -0.4 is 5.32 Å². The summed E-state index contributed by atoms with van der Waals surface area (Å²) in [6.07, 6.45) is 0.830. The van der Waals surface area contributed by atoms with Crippen LogP contribution in [0.2, 0.25) is 0 Å². The highest BCUT2D eigenvalue weighted by Gasteiger charge is 2.22. The topological polar surface area (TPSA) is 102 Å². The minimum atomic E-state index is -3.90. The van der Waals surface area contributed by atoms with Gasteiger partial charge < -0.3 is 10.1 Å². The summed E-state index contributed by atoms with van der Waals surface area (Å²) < 4.78 is 30.1. The van der Waals surface area contributed by atoms with Crippen LogP contribution >= 0.6 is 0 Å². The molecule has 28 heavy (non-hydrogen) atoms. The SMILES string of the molecule is CCc1cccc(NC(=O)COC(=O)c2cccc(S(=O)(=O)N(C)OC)c2)c1. The Kier molecular flexibility index (Phi) is 7.27. The molecule has 0 aliphatic rings. The van der Waals surface area contributed by atoms with Gasteiger partial charge in [-0.15, -0.1) is 0 Å². The summed E-state index contributed by atoms with van der Waals surface area (Å²) in [5.74, 6) is -1.31. The van der Waals surface area contributed by atoms with Crippen molar-refractivity contribution in [3.05, 3.63) is 59.7 Å². The van der Waals surface area contributed by atoms with E-state index in [0.29, 0.717) is 10.2 Å². The number of aryl methyl sites for hydroxylation is 1. The summed E-state index contributed by atoms with van der Waals surface area (Å²) in [5, 5.41) is 2.65. The van der Waals surface area contributed by atoms with E-state index < -0.39 is 28.5 Å². The number of nitrogens with one attached hydrogen (secondary N) is 1. The fraction of sp³-hybridized carbons (Fsp3) is 0.263. The predicted octanol–water partition coefficient (Wildman–Crippen LogP) is 2.23. The highest BCUT2D eigenvalue weighted by atomic mass is 32.2. The average molecular weight is 406 g/mol. The van der Waals surface area contributed by atoms with E-state index in [9.17, 15) is 18.0 Å². The summed E-state index contributed by atoms with van der Waals surface area (Å²) in [7, 11) is -1.45. The summed E-state index contributed by atoms with van der Waals surface area (Å²) in [6, 6.07) is 12.6. The molecule has 0 unspecified atom stereocenters. The van der Waals surface area contributed by atoms with Gasteiger partial charge in [-0.1, -0.05) is 29.6 Å². The van der Waals surface area contributed by atoms with Crippen molar-refractivity contribution >= 4 is 27.6 Å². The molecule has 0 bridgehead atoms. The zero-order valence-electron chi connectivity index (χ0n) is 15.8.